The average Bonchev–Trinajstić information content (AvgIpc) is 2.81. The van der Waals surface area contributed by atoms with Crippen LogP contribution in [0.15, 0.2) is 30.3 Å². The molecule has 0 saturated heterocycles. The minimum atomic E-state index is -0.875. The van der Waals surface area contributed by atoms with Crippen molar-refractivity contribution < 1.29 is 5.11 Å². The second-order valence-corrected chi connectivity index (χ2v) is 3.30. The fourth-order valence-electron chi connectivity index (χ4n) is 1.38. The molecule has 1 aromatic carbocycles. The zero-order valence-corrected chi connectivity index (χ0v) is 8.13. The second kappa shape index (κ2) is 4.65. The van der Waals surface area contributed by atoms with Gasteiger partial charge < -0.3 is 0 Å². The van der Waals surface area contributed by atoms with Crippen molar-refractivity contribution in [1.29, 1.82) is 0 Å². The lowest BCUT2D eigenvalue weighted by Gasteiger charge is -2.03. The summed E-state index contributed by atoms with van der Waals surface area (Å²) in [7, 11) is 0. The van der Waals surface area contributed by atoms with Crippen LogP contribution in [0.3, 0.4) is 0 Å². The fraction of sp³-hybridized carbons (Fsp3) is 0.300. The molecule has 1 N–H and O–H groups in total. The molecule has 0 aliphatic rings. The highest BCUT2D eigenvalue weighted by molar-refractivity contribution is 5.14. The Kier molecular flexibility index (Phi) is 3.04. The van der Waals surface area contributed by atoms with Gasteiger partial charge in [-0.2, -0.15) is 0 Å². The summed E-state index contributed by atoms with van der Waals surface area (Å²) in [6.07, 6.45) is 0.372. The molecule has 1 unspecified atom stereocenters. The molecule has 77 valence electrons. The molecule has 0 aliphatic heterocycles. The Balaban J connectivity index is 1.89. The summed E-state index contributed by atoms with van der Waals surface area (Å²) >= 11 is 0. The van der Waals surface area contributed by atoms with E-state index in [0.717, 1.165) is 12.0 Å². The molecule has 0 aliphatic carbocycles. The predicted octanol–water partition coefficient (Wildman–Crippen LogP) is 1.30. The summed E-state index contributed by atoms with van der Waals surface area (Å²) < 4.78 is 0. The largest absolute Gasteiger partial charge is 0.240 e. The Labute approximate surface area is 87.2 Å². The van der Waals surface area contributed by atoms with Crippen LogP contribution in [0.1, 0.15) is 23.9 Å². The molecule has 1 heterocycles. The first kappa shape index (κ1) is 9.79. The summed E-state index contributed by atoms with van der Waals surface area (Å²) in [5.41, 5.74) is 1.16. The van der Waals surface area contributed by atoms with Gasteiger partial charge in [-0.15, -0.1) is 5.10 Å². The van der Waals surface area contributed by atoms with Crippen LogP contribution < -0.4 is 0 Å². The summed E-state index contributed by atoms with van der Waals surface area (Å²) in [4.78, 5) is 0. The van der Waals surface area contributed by atoms with Crippen molar-refractivity contribution in [2.24, 2.45) is 0 Å². The van der Waals surface area contributed by atoms with Crippen LogP contribution in [0.4, 0.5) is 0 Å². The normalized spacial score (nSPS) is 12.6. The summed E-state index contributed by atoms with van der Waals surface area (Å²) in [5.74, 6) is 0.311. The van der Waals surface area contributed by atoms with Gasteiger partial charge >= 0.3 is 0 Å². The number of nitrogens with zero attached hydrogens (tertiary/aromatic N) is 3. The van der Waals surface area contributed by atoms with Gasteiger partial charge in [0.05, 0.1) is 0 Å². The lowest BCUT2D eigenvalue weighted by Crippen LogP contribution is -2.00. The maximum absolute atomic E-state index is 11.6. The van der Waals surface area contributed by atoms with E-state index in [1.165, 1.54) is 0 Å². The van der Waals surface area contributed by atoms with Crippen LogP contribution in [-0.4, -0.2) is 20.6 Å². The third kappa shape index (κ3) is 2.60. The number of aromatic nitrogens is 4. The topological polar surface area (TPSA) is 74.4 Å². The maximum Gasteiger partial charge on any atom is 0.181 e. The Morgan fingerprint density at radius 1 is 1.27 bits per heavy atom. The molecule has 0 fully saturated rings. The molecular formula is C10H11N4O. The standard InChI is InChI=1S/C10H11N4O/c15-9(10-11-13-14-12-10)7-6-8-4-2-1-3-5-8/h1-5,9H,6-7H2,(H,11,12,13,14). The molecule has 2 rings (SSSR count). The zero-order valence-electron chi connectivity index (χ0n) is 8.13. The summed E-state index contributed by atoms with van der Waals surface area (Å²) in [6.45, 7) is 0. The van der Waals surface area contributed by atoms with Gasteiger partial charge in [0.15, 0.2) is 11.9 Å². The lowest BCUT2D eigenvalue weighted by atomic mass is 10.1. The van der Waals surface area contributed by atoms with Crippen molar-refractivity contribution in [2.45, 2.75) is 18.9 Å². The van der Waals surface area contributed by atoms with Crippen molar-refractivity contribution >= 4 is 0 Å². The van der Waals surface area contributed by atoms with Crippen molar-refractivity contribution in [1.82, 2.24) is 20.6 Å². The monoisotopic (exact) mass is 203 g/mol. The molecule has 0 spiro atoms. The highest BCUT2D eigenvalue weighted by Gasteiger charge is 2.12. The molecular weight excluding hydrogens is 192 g/mol. The van der Waals surface area contributed by atoms with Gasteiger partial charge in [-0.3, -0.25) is 0 Å². The van der Waals surface area contributed by atoms with Crippen molar-refractivity contribution in [3.8, 4) is 0 Å². The van der Waals surface area contributed by atoms with Crippen molar-refractivity contribution in [3.63, 3.8) is 0 Å². The van der Waals surface area contributed by atoms with Crippen molar-refractivity contribution in [3.05, 3.63) is 41.7 Å². The number of hydrogen-bond donors (Lipinski definition) is 1. The molecule has 5 heteroatoms. The Morgan fingerprint density at radius 3 is 2.73 bits per heavy atom. The van der Waals surface area contributed by atoms with Gasteiger partial charge in [0.25, 0.3) is 0 Å². The molecule has 1 aromatic heterocycles. The number of tetrazole rings is 1. The van der Waals surface area contributed by atoms with E-state index in [2.05, 4.69) is 20.6 Å². The number of nitrogens with one attached hydrogen (secondary N) is 1. The zero-order chi connectivity index (χ0) is 10.5. The molecule has 1 radical (unpaired) electrons. The molecule has 1 atom stereocenters. The van der Waals surface area contributed by atoms with Crippen LogP contribution in [-0.2, 0) is 11.5 Å². The van der Waals surface area contributed by atoms with E-state index in [1.807, 2.05) is 30.3 Å². The van der Waals surface area contributed by atoms with Gasteiger partial charge in [-0.25, -0.2) is 10.2 Å². The Bertz CT molecular complexity index is 387. The van der Waals surface area contributed by atoms with Gasteiger partial charge in [0.2, 0.25) is 0 Å². The predicted molar refractivity (Wildman–Crippen MR) is 52.4 cm³/mol. The van der Waals surface area contributed by atoms with E-state index in [0.29, 0.717) is 12.2 Å². The van der Waals surface area contributed by atoms with Crippen LogP contribution in [0.5, 0.6) is 0 Å². The third-order valence-electron chi connectivity index (χ3n) is 2.20. The van der Waals surface area contributed by atoms with E-state index < -0.39 is 6.10 Å². The number of hydrogen-bond acceptors (Lipinski definition) is 3. The van der Waals surface area contributed by atoms with E-state index in [-0.39, 0.29) is 0 Å². The third-order valence-corrected chi connectivity index (χ3v) is 2.20. The van der Waals surface area contributed by atoms with Gasteiger partial charge in [-0.05, 0) is 28.8 Å². The van der Waals surface area contributed by atoms with E-state index >= 15 is 0 Å². The van der Waals surface area contributed by atoms with E-state index in [4.69, 9.17) is 0 Å². The number of aryl methyl sites for hydroxylation is 1. The second-order valence-electron chi connectivity index (χ2n) is 3.30. The number of H-pyrrole nitrogens is 1. The number of aromatic amines is 1. The highest BCUT2D eigenvalue weighted by atomic mass is 16.3. The average molecular weight is 203 g/mol. The van der Waals surface area contributed by atoms with Crippen LogP contribution in [0, 0.1) is 0 Å². The first-order chi connectivity index (χ1) is 7.36. The molecule has 15 heavy (non-hydrogen) atoms. The van der Waals surface area contributed by atoms with E-state index in [1.54, 1.807) is 0 Å². The quantitative estimate of drug-likeness (QED) is 0.813. The molecule has 0 amide bonds. The summed E-state index contributed by atoms with van der Waals surface area (Å²) in [5, 5.41) is 24.4. The van der Waals surface area contributed by atoms with Crippen LogP contribution in [0.2, 0.25) is 0 Å². The smallest absolute Gasteiger partial charge is 0.181 e. The first-order valence-corrected chi connectivity index (χ1v) is 4.79. The Hall–Kier alpha value is -1.75. The van der Waals surface area contributed by atoms with Crippen molar-refractivity contribution in [2.75, 3.05) is 0 Å². The minimum Gasteiger partial charge on any atom is -0.240 e. The molecule has 0 saturated carbocycles. The van der Waals surface area contributed by atoms with Gasteiger partial charge in [0, 0.05) is 0 Å². The highest BCUT2D eigenvalue weighted by Crippen LogP contribution is 2.14. The summed E-state index contributed by atoms with van der Waals surface area (Å²) in [6, 6.07) is 9.89. The number of rotatable bonds is 4. The van der Waals surface area contributed by atoms with Crippen LogP contribution >= 0.6 is 0 Å². The number of benzene rings is 1. The maximum atomic E-state index is 11.6. The molecule has 2 aromatic rings. The molecule has 0 bridgehead atoms. The SMILES string of the molecule is [O]C(CCc1ccccc1)c1nnn[nH]1. The molecule has 5 nitrogen and oxygen atoms in total. The van der Waals surface area contributed by atoms with Gasteiger partial charge in [0.1, 0.15) is 0 Å². The van der Waals surface area contributed by atoms with Crippen LogP contribution in [0.25, 0.3) is 0 Å². The minimum absolute atomic E-state index is 0.311. The first-order valence-electron chi connectivity index (χ1n) is 4.79. The lowest BCUT2D eigenvalue weighted by molar-refractivity contribution is 0.0737. The fourth-order valence-corrected chi connectivity index (χ4v) is 1.38. The van der Waals surface area contributed by atoms with E-state index in [9.17, 15) is 5.11 Å². The van der Waals surface area contributed by atoms with Gasteiger partial charge in [-0.1, -0.05) is 30.3 Å². The Morgan fingerprint density at radius 2 is 2.07 bits per heavy atom.